The molecule has 0 unspecified atom stereocenters. The molecule has 21 heavy (non-hydrogen) atoms. The molecule has 0 bridgehead atoms. The minimum Gasteiger partial charge on any atom is -0.504 e. The van der Waals surface area contributed by atoms with Gasteiger partial charge in [-0.05, 0) is 49.1 Å². The van der Waals surface area contributed by atoms with E-state index in [2.05, 4.69) is 37.0 Å². The fourth-order valence-corrected chi connectivity index (χ4v) is 2.20. The molecule has 2 rings (SSSR count). The van der Waals surface area contributed by atoms with Gasteiger partial charge in [0.25, 0.3) is 0 Å². The maximum absolute atomic E-state index is 9.55. The first-order valence-electron chi connectivity index (χ1n) is 7.03. The Morgan fingerprint density at radius 2 is 1.95 bits per heavy atom. The zero-order valence-electron chi connectivity index (χ0n) is 12.8. The molecule has 0 aliphatic rings. The number of aliphatic imine (C=N–C) groups is 1. The monoisotopic (exact) mass is 283 g/mol. The van der Waals surface area contributed by atoms with Crippen molar-refractivity contribution in [1.82, 2.24) is 0 Å². The SMILES string of the molecule is COc1cc(CCN=Cc2ccc(C)cc2C)ccc1O. The number of nitrogens with zero attached hydrogens (tertiary/aromatic N) is 1. The molecular weight excluding hydrogens is 262 g/mol. The quantitative estimate of drug-likeness (QED) is 0.850. The molecule has 0 saturated heterocycles. The second-order valence-electron chi connectivity index (χ2n) is 5.15. The molecule has 0 radical (unpaired) electrons. The predicted molar refractivity (Wildman–Crippen MR) is 86.7 cm³/mol. The zero-order chi connectivity index (χ0) is 15.2. The molecule has 0 fully saturated rings. The van der Waals surface area contributed by atoms with E-state index in [4.69, 9.17) is 4.74 Å². The lowest BCUT2D eigenvalue weighted by Gasteiger charge is -2.05. The average Bonchev–Trinajstić information content (AvgIpc) is 2.47. The van der Waals surface area contributed by atoms with E-state index in [0.29, 0.717) is 12.3 Å². The van der Waals surface area contributed by atoms with Gasteiger partial charge in [0.05, 0.1) is 7.11 Å². The number of hydrogen-bond donors (Lipinski definition) is 1. The smallest absolute Gasteiger partial charge is 0.160 e. The van der Waals surface area contributed by atoms with Gasteiger partial charge in [-0.3, -0.25) is 4.99 Å². The number of aromatic hydroxyl groups is 1. The van der Waals surface area contributed by atoms with Crippen molar-refractivity contribution in [3.05, 3.63) is 58.7 Å². The molecule has 0 heterocycles. The van der Waals surface area contributed by atoms with Gasteiger partial charge in [-0.15, -0.1) is 0 Å². The lowest BCUT2D eigenvalue weighted by molar-refractivity contribution is 0.373. The summed E-state index contributed by atoms with van der Waals surface area (Å²) in [6, 6.07) is 11.7. The molecule has 2 aromatic rings. The molecule has 1 N–H and O–H groups in total. The van der Waals surface area contributed by atoms with Crippen molar-refractivity contribution < 1.29 is 9.84 Å². The van der Waals surface area contributed by atoms with Crippen LogP contribution in [0.15, 0.2) is 41.4 Å². The van der Waals surface area contributed by atoms with E-state index in [1.807, 2.05) is 18.3 Å². The van der Waals surface area contributed by atoms with Gasteiger partial charge in [0.15, 0.2) is 11.5 Å². The maximum atomic E-state index is 9.55. The van der Waals surface area contributed by atoms with Crippen LogP contribution in [-0.4, -0.2) is 25.0 Å². The van der Waals surface area contributed by atoms with Gasteiger partial charge in [-0.2, -0.15) is 0 Å². The second kappa shape index (κ2) is 6.93. The molecule has 0 amide bonds. The van der Waals surface area contributed by atoms with Crippen LogP contribution in [0, 0.1) is 13.8 Å². The summed E-state index contributed by atoms with van der Waals surface area (Å²) < 4.78 is 5.10. The van der Waals surface area contributed by atoms with E-state index in [1.54, 1.807) is 13.2 Å². The van der Waals surface area contributed by atoms with E-state index in [9.17, 15) is 5.11 Å². The number of rotatable bonds is 5. The van der Waals surface area contributed by atoms with Gasteiger partial charge in [0, 0.05) is 12.8 Å². The van der Waals surface area contributed by atoms with Crippen LogP contribution in [0.5, 0.6) is 11.5 Å². The van der Waals surface area contributed by atoms with Crippen molar-refractivity contribution >= 4 is 6.21 Å². The van der Waals surface area contributed by atoms with Gasteiger partial charge in [-0.1, -0.05) is 29.8 Å². The Hall–Kier alpha value is -2.29. The van der Waals surface area contributed by atoms with Crippen LogP contribution in [0.2, 0.25) is 0 Å². The summed E-state index contributed by atoms with van der Waals surface area (Å²) in [4.78, 5) is 4.48. The van der Waals surface area contributed by atoms with Crippen LogP contribution in [0.25, 0.3) is 0 Å². The number of methoxy groups -OCH3 is 1. The molecular formula is C18H21NO2. The Labute approximate surface area is 125 Å². The van der Waals surface area contributed by atoms with E-state index < -0.39 is 0 Å². The molecule has 0 aromatic heterocycles. The summed E-state index contributed by atoms with van der Waals surface area (Å²) in [5.41, 5.74) is 4.76. The largest absolute Gasteiger partial charge is 0.504 e. The summed E-state index contributed by atoms with van der Waals surface area (Å²) in [5, 5.41) is 9.55. The third kappa shape index (κ3) is 4.09. The number of hydrogen-bond acceptors (Lipinski definition) is 3. The summed E-state index contributed by atoms with van der Waals surface area (Å²) in [6.45, 7) is 4.90. The topological polar surface area (TPSA) is 41.8 Å². The number of aryl methyl sites for hydroxylation is 2. The Morgan fingerprint density at radius 3 is 2.67 bits per heavy atom. The van der Waals surface area contributed by atoms with Crippen molar-refractivity contribution in [2.24, 2.45) is 4.99 Å². The van der Waals surface area contributed by atoms with Gasteiger partial charge in [-0.25, -0.2) is 0 Å². The fourth-order valence-electron chi connectivity index (χ4n) is 2.20. The van der Waals surface area contributed by atoms with E-state index in [1.165, 1.54) is 11.1 Å². The van der Waals surface area contributed by atoms with Gasteiger partial charge in [0.2, 0.25) is 0 Å². The number of benzene rings is 2. The fraction of sp³-hybridized carbons (Fsp3) is 0.278. The highest BCUT2D eigenvalue weighted by molar-refractivity contribution is 5.81. The summed E-state index contributed by atoms with van der Waals surface area (Å²) in [7, 11) is 1.55. The first-order chi connectivity index (χ1) is 10.1. The van der Waals surface area contributed by atoms with Crippen LogP contribution >= 0.6 is 0 Å². The van der Waals surface area contributed by atoms with E-state index in [-0.39, 0.29) is 5.75 Å². The molecule has 0 aliphatic carbocycles. The molecule has 110 valence electrons. The van der Waals surface area contributed by atoms with Gasteiger partial charge in [0.1, 0.15) is 0 Å². The van der Waals surface area contributed by atoms with E-state index in [0.717, 1.165) is 17.5 Å². The van der Waals surface area contributed by atoms with Crippen molar-refractivity contribution in [2.75, 3.05) is 13.7 Å². The van der Waals surface area contributed by atoms with Crippen LogP contribution < -0.4 is 4.74 Å². The predicted octanol–water partition coefficient (Wildman–Crippen LogP) is 3.68. The Kier molecular flexibility index (Phi) is 4.99. The molecule has 0 atom stereocenters. The van der Waals surface area contributed by atoms with Crippen molar-refractivity contribution in [2.45, 2.75) is 20.3 Å². The minimum atomic E-state index is 0.167. The highest BCUT2D eigenvalue weighted by Gasteiger charge is 2.02. The Morgan fingerprint density at radius 1 is 1.14 bits per heavy atom. The van der Waals surface area contributed by atoms with Crippen LogP contribution in [-0.2, 0) is 6.42 Å². The summed E-state index contributed by atoms with van der Waals surface area (Å²) in [6.07, 6.45) is 2.74. The van der Waals surface area contributed by atoms with Crippen molar-refractivity contribution in [3.63, 3.8) is 0 Å². The normalized spacial score (nSPS) is 11.0. The maximum Gasteiger partial charge on any atom is 0.160 e. The number of phenols is 1. The molecule has 3 nitrogen and oxygen atoms in total. The van der Waals surface area contributed by atoms with Gasteiger partial charge >= 0.3 is 0 Å². The molecule has 2 aromatic carbocycles. The first kappa shape index (κ1) is 15.1. The lowest BCUT2D eigenvalue weighted by atomic mass is 10.1. The minimum absolute atomic E-state index is 0.167. The zero-order valence-corrected chi connectivity index (χ0v) is 12.8. The van der Waals surface area contributed by atoms with Crippen molar-refractivity contribution in [3.8, 4) is 11.5 Å². The second-order valence-corrected chi connectivity index (χ2v) is 5.15. The van der Waals surface area contributed by atoms with Crippen LogP contribution in [0.1, 0.15) is 22.3 Å². The third-order valence-corrected chi connectivity index (χ3v) is 3.43. The molecule has 0 saturated carbocycles. The molecule has 3 heteroatoms. The third-order valence-electron chi connectivity index (χ3n) is 3.43. The van der Waals surface area contributed by atoms with Crippen LogP contribution in [0.3, 0.4) is 0 Å². The number of phenolic OH excluding ortho intramolecular Hbond substituents is 1. The Balaban J connectivity index is 1.96. The standard InChI is InChI=1S/C18H21NO2/c1-13-4-6-16(14(2)10-13)12-19-9-8-15-5-7-17(20)18(11-15)21-3/h4-7,10-12,20H,8-9H2,1-3H3. The first-order valence-corrected chi connectivity index (χ1v) is 7.03. The molecule has 0 aliphatic heterocycles. The number of ether oxygens (including phenoxy) is 1. The summed E-state index contributed by atoms with van der Waals surface area (Å²) >= 11 is 0. The van der Waals surface area contributed by atoms with Crippen molar-refractivity contribution in [1.29, 1.82) is 0 Å². The Bertz CT molecular complexity index is 648. The molecule has 0 spiro atoms. The van der Waals surface area contributed by atoms with E-state index >= 15 is 0 Å². The highest BCUT2D eigenvalue weighted by Crippen LogP contribution is 2.26. The summed E-state index contributed by atoms with van der Waals surface area (Å²) in [5.74, 6) is 0.672. The highest BCUT2D eigenvalue weighted by atomic mass is 16.5. The average molecular weight is 283 g/mol. The van der Waals surface area contributed by atoms with Gasteiger partial charge < -0.3 is 9.84 Å². The van der Waals surface area contributed by atoms with Crippen LogP contribution in [0.4, 0.5) is 0 Å². The lowest BCUT2D eigenvalue weighted by Crippen LogP contribution is -1.94.